The van der Waals surface area contributed by atoms with Crippen molar-refractivity contribution in [2.75, 3.05) is 52.5 Å². The second-order valence-electron chi connectivity index (χ2n) is 4.32. The van der Waals surface area contributed by atoms with E-state index in [1.807, 2.05) is 6.92 Å². The number of piperazine rings is 1. The lowest BCUT2D eigenvalue weighted by Gasteiger charge is -2.38. The average Bonchev–Trinajstić information content (AvgIpc) is 2.33. The van der Waals surface area contributed by atoms with Crippen molar-refractivity contribution in [1.29, 1.82) is 0 Å². The van der Waals surface area contributed by atoms with Crippen LogP contribution in [0.15, 0.2) is 0 Å². The highest BCUT2D eigenvalue weighted by molar-refractivity contribution is 4.77. The highest BCUT2D eigenvalue weighted by atomic mass is 16.5. The number of aliphatic hydroxyl groups is 1. The van der Waals surface area contributed by atoms with Crippen molar-refractivity contribution in [3.8, 4) is 0 Å². The van der Waals surface area contributed by atoms with E-state index in [9.17, 15) is 5.11 Å². The van der Waals surface area contributed by atoms with Gasteiger partial charge in [-0.05, 0) is 13.3 Å². The van der Waals surface area contributed by atoms with Crippen molar-refractivity contribution in [2.45, 2.75) is 26.3 Å². The quantitative estimate of drug-likeness (QED) is 0.643. The second-order valence-corrected chi connectivity index (χ2v) is 4.32. The fourth-order valence-corrected chi connectivity index (χ4v) is 2.19. The normalized spacial score (nSPS) is 21.2. The van der Waals surface area contributed by atoms with Gasteiger partial charge >= 0.3 is 0 Å². The lowest BCUT2D eigenvalue weighted by Crippen LogP contribution is -2.51. The van der Waals surface area contributed by atoms with Gasteiger partial charge in [0.15, 0.2) is 0 Å². The molecule has 0 aromatic rings. The van der Waals surface area contributed by atoms with Gasteiger partial charge in [0.1, 0.15) is 0 Å². The molecule has 1 saturated heterocycles. The van der Waals surface area contributed by atoms with Gasteiger partial charge in [-0.1, -0.05) is 6.92 Å². The molecule has 1 aliphatic heterocycles. The first kappa shape index (κ1) is 13.9. The van der Waals surface area contributed by atoms with Crippen LogP contribution in [0.1, 0.15) is 20.3 Å². The summed E-state index contributed by atoms with van der Waals surface area (Å²) in [4.78, 5) is 4.84. The third-order valence-electron chi connectivity index (χ3n) is 3.36. The lowest BCUT2D eigenvalue weighted by molar-refractivity contribution is 0.0464. The molecule has 0 aromatic heterocycles. The lowest BCUT2D eigenvalue weighted by atomic mass is 10.1. The molecule has 4 nitrogen and oxygen atoms in total. The first-order chi connectivity index (χ1) is 7.81. The predicted molar refractivity (Wildman–Crippen MR) is 65.7 cm³/mol. The molecule has 0 aromatic carbocycles. The summed E-state index contributed by atoms with van der Waals surface area (Å²) in [5.41, 5.74) is 0. The molecule has 1 heterocycles. The van der Waals surface area contributed by atoms with Crippen LogP contribution < -0.4 is 0 Å². The third-order valence-corrected chi connectivity index (χ3v) is 3.36. The van der Waals surface area contributed by atoms with Crippen LogP contribution in [0, 0.1) is 0 Å². The van der Waals surface area contributed by atoms with Gasteiger partial charge in [-0.15, -0.1) is 0 Å². The first-order valence-electron chi connectivity index (χ1n) is 6.46. The molecular formula is C12H26N2O2. The molecule has 0 aliphatic carbocycles. The van der Waals surface area contributed by atoms with Crippen molar-refractivity contribution >= 4 is 0 Å². The van der Waals surface area contributed by atoms with Crippen LogP contribution >= 0.6 is 0 Å². The van der Waals surface area contributed by atoms with E-state index in [2.05, 4.69) is 16.7 Å². The van der Waals surface area contributed by atoms with Gasteiger partial charge in [-0.2, -0.15) is 0 Å². The molecular weight excluding hydrogens is 204 g/mol. The molecule has 1 unspecified atom stereocenters. The van der Waals surface area contributed by atoms with Gasteiger partial charge in [0.2, 0.25) is 0 Å². The average molecular weight is 230 g/mol. The SMILES string of the molecule is CCOCCN1CCN(C(CC)CO)CC1. The standard InChI is InChI=1S/C12H26N2O2/c1-3-12(11-15)14-7-5-13(6-8-14)9-10-16-4-2/h12,15H,3-11H2,1-2H3. The summed E-state index contributed by atoms with van der Waals surface area (Å²) >= 11 is 0. The Morgan fingerprint density at radius 3 is 2.38 bits per heavy atom. The van der Waals surface area contributed by atoms with Gasteiger partial charge in [0.05, 0.1) is 13.2 Å². The number of hydrogen-bond donors (Lipinski definition) is 1. The zero-order chi connectivity index (χ0) is 11.8. The van der Waals surface area contributed by atoms with Gasteiger partial charge < -0.3 is 9.84 Å². The molecule has 16 heavy (non-hydrogen) atoms. The van der Waals surface area contributed by atoms with Crippen molar-refractivity contribution in [2.24, 2.45) is 0 Å². The van der Waals surface area contributed by atoms with E-state index in [0.29, 0.717) is 6.04 Å². The molecule has 0 bridgehead atoms. The third kappa shape index (κ3) is 4.37. The van der Waals surface area contributed by atoms with Crippen molar-refractivity contribution < 1.29 is 9.84 Å². The highest BCUT2D eigenvalue weighted by Crippen LogP contribution is 2.08. The molecule has 1 rings (SSSR count). The minimum absolute atomic E-state index is 0.287. The Morgan fingerprint density at radius 1 is 1.19 bits per heavy atom. The maximum Gasteiger partial charge on any atom is 0.0593 e. The fraction of sp³-hybridized carbons (Fsp3) is 1.00. The number of hydrogen-bond acceptors (Lipinski definition) is 4. The fourth-order valence-electron chi connectivity index (χ4n) is 2.19. The van der Waals surface area contributed by atoms with E-state index in [-0.39, 0.29) is 6.61 Å². The number of aliphatic hydroxyl groups excluding tert-OH is 1. The molecule has 0 spiro atoms. The zero-order valence-electron chi connectivity index (χ0n) is 10.7. The number of ether oxygens (including phenoxy) is 1. The molecule has 1 atom stereocenters. The molecule has 0 amide bonds. The van der Waals surface area contributed by atoms with E-state index in [0.717, 1.165) is 52.4 Å². The summed E-state index contributed by atoms with van der Waals surface area (Å²) in [5, 5.41) is 9.24. The van der Waals surface area contributed by atoms with Crippen LogP contribution in [0.4, 0.5) is 0 Å². The molecule has 1 fully saturated rings. The van der Waals surface area contributed by atoms with E-state index in [4.69, 9.17) is 4.74 Å². The van der Waals surface area contributed by atoms with Crippen LogP contribution in [0.3, 0.4) is 0 Å². The molecule has 4 heteroatoms. The maximum absolute atomic E-state index is 9.24. The highest BCUT2D eigenvalue weighted by Gasteiger charge is 2.21. The van der Waals surface area contributed by atoms with Crippen molar-refractivity contribution in [1.82, 2.24) is 9.80 Å². The van der Waals surface area contributed by atoms with E-state index in [1.54, 1.807) is 0 Å². The molecule has 96 valence electrons. The number of nitrogens with zero attached hydrogens (tertiary/aromatic N) is 2. The maximum atomic E-state index is 9.24. The van der Waals surface area contributed by atoms with Gasteiger partial charge in [0, 0.05) is 45.4 Å². The second kappa shape index (κ2) is 8.01. The molecule has 1 aliphatic rings. The minimum atomic E-state index is 0.287. The summed E-state index contributed by atoms with van der Waals surface area (Å²) in [6, 6.07) is 0.356. The summed E-state index contributed by atoms with van der Waals surface area (Å²) in [7, 11) is 0. The summed E-state index contributed by atoms with van der Waals surface area (Å²) in [5.74, 6) is 0. The van der Waals surface area contributed by atoms with Crippen molar-refractivity contribution in [3.63, 3.8) is 0 Å². The van der Waals surface area contributed by atoms with Crippen LogP contribution in [0.2, 0.25) is 0 Å². The topological polar surface area (TPSA) is 35.9 Å². The Morgan fingerprint density at radius 2 is 1.88 bits per heavy atom. The Labute approximate surface area is 99.2 Å². The van der Waals surface area contributed by atoms with E-state index in [1.165, 1.54) is 0 Å². The summed E-state index contributed by atoms with van der Waals surface area (Å²) in [6.07, 6.45) is 1.04. The van der Waals surface area contributed by atoms with Crippen LogP contribution in [0.25, 0.3) is 0 Å². The Balaban J connectivity index is 2.17. The number of rotatable bonds is 7. The van der Waals surface area contributed by atoms with Crippen LogP contribution in [-0.2, 0) is 4.74 Å². The van der Waals surface area contributed by atoms with Crippen molar-refractivity contribution in [3.05, 3.63) is 0 Å². The Bertz CT molecular complexity index is 166. The smallest absolute Gasteiger partial charge is 0.0593 e. The minimum Gasteiger partial charge on any atom is -0.395 e. The van der Waals surface area contributed by atoms with Crippen LogP contribution in [0.5, 0.6) is 0 Å². The van der Waals surface area contributed by atoms with Gasteiger partial charge in [-0.25, -0.2) is 0 Å². The largest absolute Gasteiger partial charge is 0.395 e. The van der Waals surface area contributed by atoms with E-state index < -0.39 is 0 Å². The molecule has 1 N–H and O–H groups in total. The van der Waals surface area contributed by atoms with Gasteiger partial charge in [-0.3, -0.25) is 9.80 Å². The molecule has 0 saturated carbocycles. The van der Waals surface area contributed by atoms with E-state index >= 15 is 0 Å². The first-order valence-corrected chi connectivity index (χ1v) is 6.46. The zero-order valence-corrected chi connectivity index (χ0v) is 10.7. The summed E-state index contributed by atoms with van der Waals surface area (Å²) < 4.78 is 5.36. The monoisotopic (exact) mass is 230 g/mol. The van der Waals surface area contributed by atoms with Gasteiger partial charge in [0.25, 0.3) is 0 Å². The molecule has 0 radical (unpaired) electrons. The summed E-state index contributed by atoms with van der Waals surface area (Å²) in [6.45, 7) is 11.5. The Kier molecular flexibility index (Phi) is 6.96. The van der Waals surface area contributed by atoms with Crippen LogP contribution in [-0.4, -0.2) is 73.5 Å². The Hall–Kier alpha value is -0.160. The predicted octanol–water partition coefficient (Wildman–Crippen LogP) is 0.411.